The van der Waals surface area contributed by atoms with Crippen molar-refractivity contribution in [1.82, 2.24) is 0 Å². The van der Waals surface area contributed by atoms with Crippen molar-refractivity contribution >= 4 is 22.5 Å². The Hall–Kier alpha value is -3.92. The fourth-order valence-corrected chi connectivity index (χ4v) is 4.18. The first-order valence-electron chi connectivity index (χ1n) is 9.65. The quantitative estimate of drug-likeness (QED) is 0.293. The van der Waals surface area contributed by atoms with E-state index >= 15 is 0 Å². The predicted octanol–water partition coefficient (Wildman–Crippen LogP) is 5.65. The Morgan fingerprint density at radius 2 is 1.57 bits per heavy atom. The lowest BCUT2D eigenvalue weighted by Crippen LogP contribution is -2.04. The van der Waals surface area contributed by atoms with Crippen LogP contribution in [-0.4, -0.2) is 18.9 Å². The number of esters is 1. The van der Waals surface area contributed by atoms with E-state index < -0.39 is 5.97 Å². The average Bonchev–Trinajstić information content (AvgIpc) is 3.05. The summed E-state index contributed by atoms with van der Waals surface area (Å²) in [5, 5.41) is 1.50. The zero-order valence-corrected chi connectivity index (χ0v) is 16.6. The number of ether oxygens (including phenoxy) is 2. The Labute approximate surface area is 173 Å². The number of hydrogen-bond acceptors (Lipinski definition) is 4. The SMILES string of the molecule is COc1cccc2c(OC(C)=O)cc3c(c12)-c1ccc(-c2ccccc2)cc1C3=O. The highest BCUT2D eigenvalue weighted by Crippen LogP contribution is 2.48. The van der Waals surface area contributed by atoms with Gasteiger partial charge in [0.1, 0.15) is 11.5 Å². The molecule has 0 aromatic heterocycles. The van der Waals surface area contributed by atoms with Crippen molar-refractivity contribution in [2.24, 2.45) is 0 Å². The minimum absolute atomic E-state index is 0.0843. The molecule has 4 aromatic carbocycles. The number of methoxy groups -OCH3 is 1. The summed E-state index contributed by atoms with van der Waals surface area (Å²) in [5.41, 5.74) is 4.86. The molecule has 0 saturated carbocycles. The van der Waals surface area contributed by atoms with Crippen molar-refractivity contribution in [1.29, 1.82) is 0 Å². The van der Waals surface area contributed by atoms with Gasteiger partial charge in [-0.05, 0) is 34.9 Å². The van der Waals surface area contributed by atoms with Gasteiger partial charge in [0.05, 0.1) is 7.11 Å². The number of carbonyl (C=O) groups excluding carboxylic acids is 2. The number of carbonyl (C=O) groups is 2. The van der Waals surface area contributed by atoms with E-state index in [1.165, 1.54) is 6.92 Å². The molecule has 5 rings (SSSR count). The molecule has 0 aliphatic heterocycles. The fraction of sp³-hybridized carbons (Fsp3) is 0.0769. The second-order valence-electron chi connectivity index (χ2n) is 7.23. The van der Waals surface area contributed by atoms with Crippen molar-refractivity contribution in [2.75, 3.05) is 7.11 Å². The standard InChI is InChI=1S/C26H18O4/c1-15(27)30-23-14-21-24(25-19(23)9-6-10-22(25)29-2)18-12-11-17(13-20(18)26(21)28)16-7-4-3-5-8-16/h3-14H,1-2H3. The van der Waals surface area contributed by atoms with E-state index in [2.05, 4.69) is 0 Å². The molecule has 0 unspecified atom stereocenters. The second kappa shape index (κ2) is 6.85. The van der Waals surface area contributed by atoms with Gasteiger partial charge in [0.15, 0.2) is 5.78 Å². The molecular weight excluding hydrogens is 376 g/mol. The number of hydrogen-bond donors (Lipinski definition) is 0. The lowest BCUT2D eigenvalue weighted by atomic mass is 9.95. The fourth-order valence-electron chi connectivity index (χ4n) is 4.18. The minimum atomic E-state index is -0.437. The topological polar surface area (TPSA) is 52.6 Å². The zero-order valence-electron chi connectivity index (χ0n) is 16.6. The van der Waals surface area contributed by atoms with Gasteiger partial charge in [0.25, 0.3) is 0 Å². The molecule has 4 aromatic rings. The first-order chi connectivity index (χ1) is 14.6. The molecule has 1 aliphatic carbocycles. The van der Waals surface area contributed by atoms with Gasteiger partial charge in [-0.15, -0.1) is 0 Å². The number of rotatable bonds is 3. The van der Waals surface area contributed by atoms with Crippen LogP contribution in [0.25, 0.3) is 33.0 Å². The average molecular weight is 394 g/mol. The molecule has 146 valence electrons. The predicted molar refractivity (Wildman–Crippen MR) is 116 cm³/mol. The molecule has 1 aliphatic rings. The number of ketones is 1. The summed E-state index contributed by atoms with van der Waals surface area (Å²) in [5.74, 6) is 0.470. The highest BCUT2D eigenvalue weighted by Gasteiger charge is 2.31. The Kier molecular flexibility index (Phi) is 4.14. The molecule has 0 fully saturated rings. The van der Waals surface area contributed by atoms with E-state index in [0.717, 1.165) is 33.0 Å². The molecule has 0 heterocycles. The molecule has 4 nitrogen and oxygen atoms in total. The summed E-state index contributed by atoms with van der Waals surface area (Å²) in [7, 11) is 1.59. The molecule has 4 heteroatoms. The van der Waals surface area contributed by atoms with Gasteiger partial charge in [0.2, 0.25) is 0 Å². The van der Waals surface area contributed by atoms with Crippen LogP contribution in [0, 0.1) is 0 Å². The van der Waals surface area contributed by atoms with E-state index in [9.17, 15) is 9.59 Å². The van der Waals surface area contributed by atoms with Crippen LogP contribution < -0.4 is 9.47 Å². The van der Waals surface area contributed by atoms with Gasteiger partial charge in [-0.2, -0.15) is 0 Å². The van der Waals surface area contributed by atoms with Crippen molar-refractivity contribution in [3.63, 3.8) is 0 Å². The van der Waals surface area contributed by atoms with Crippen LogP contribution in [0.4, 0.5) is 0 Å². The van der Waals surface area contributed by atoms with Crippen molar-refractivity contribution in [2.45, 2.75) is 6.92 Å². The van der Waals surface area contributed by atoms with Crippen LogP contribution in [0.1, 0.15) is 22.8 Å². The van der Waals surface area contributed by atoms with Crippen molar-refractivity contribution in [3.05, 3.63) is 83.9 Å². The molecule has 0 amide bonds. The summed E-state index contributed by atoms with van der Waals surface area (Å²) in [6.45, 7) is 1.35. The van der Waals surface area contributed by atoms with Crippen LogP contribution in [0.5, 0.6) is 11.5 Å². The van der Waals surface area contributed by atoms with Gasteiger partial charge in [-0.25, -0.2) is 0 Å². The highest BCUT2D eigenvalue weighted by molar-refractivity contribution is 6.27. The first-order valence-corrected chi connectivity index (χ1v) is 9.65. The first kappa shape index (κ1) is 18.1. The summed E-state index contributed by atoms with van der Waals surface area (Å²) in [6.07, 6.45) is 0. The van der Waals surface area contributed by atoms with E-state index in [-0.39, 0.29) is 5.78 Å². The maximum absolute atomic E-state index is 13.4. The smallest absolute Gasteiger partial charge is 0.308 e. The lowest BCUT2D eigenvalue weighted by molar-refractivity contribution is -0.131. The van der Waals surface area contributed by atoms with Gasteiger partial charge >= 0.3 is 5.97 Å². The Balaban J connectivity index is 1.80. The molecule has 0 N–H and O–H groups in total. The van der Waals surface area contributed by atoms with Crippen LogP contribution in [0.3, 0.4) is 0 Å². The minimum Gasteiger partial charge on any atom is -0.496 e. The van der Waals surface area contributed by atoms with Crippen LogP contribution >= 0.6 is 0 Å². The summed E-state index contributed by atoms with van der Waals surface area (Å²) < 4.78 is 11.1. The van der Waals surface area contributed by atoms with Gasteiger partial charge in [-0.1, -0.05) is 54.6 Å². The Morgan fingerprint density at radius 3 is 2.30 bits per heavy atom. The molecule has 0 atom stereocenters. The second-order valence-corrected chi connectivity index (χ2v) is 7.23. The van der Waals surface area contributed by atoms with Crippen LogP contribution in [0.15, 0.2) is 72.8 Å². The molecule has 0 spiro atoms. The summed E-state index contributed by atoms with van der Waals surface area (Å²) in [4.78, 5) is 25.0. The normalized spacial score (nSPS) is 11.9. The Morgan fingerprint density at radius 1 is 0.767 bits per heavy atom. The monoisotopic (exact) mass is 394 g/mol. The van der Waals surface area contributed by atoms with Gasteiger partial charge in [-0.3, -0.25) is 9.59 Å². The molecule has 0 saturated heterocycles. The maximum Gasteiger partial charge on any atom is 0.308 e. The van der Waals surface area contributed by atoms with E-state index in [0.29, 0.717) is 22.6 Å². The van der Waals surface area contributed by atoms with E-state index in [1.807, 2.05) is 66.7 Å². The Bertz CT molecular complexity index is 1340. The highest BCUT2D eigenvalue weighted by atomic mass is 16.5. The third-order valence-corrected chi connectivity index (χ3v) is 5.45. The van der Waals surface area contributed by atoms with Crippen LogP contribution in [-0.2, 0) is 4.79 Å². The molecule has 0 radical (unpaired) electrons. The maximum atomic E-state index is 13.4. The largest absolute Gasteiger partial charge is 0.496 e. The lowest BCUT2D eigenvalue weighted by Gasteiger charge is -2.14. The third-order valence-electron chi connectivity index (χ3n) is 5.45. The summed E-state index contributed by atoms with van der Waals surface area (Å²) >= 11 is 0. The zero-order chi connectivity index (χ0) is 20.8. The number of fused-ring (bicyclic) bond motifs is 5. The third kappa shape index (κ3) is 2.69. The van der Waals surface area contributed by atoms with E-state index in [4.69, 9.17) is 9.47 Å². The van der Waals surface area contributed by atoms with Gasteiger partial charge < -0.3 is 9.47 Å². The number of benzene rings is 4. The van der Waals surface area contributed by atoms with Gasteiger partial charge in [0, 0.05) is 34.4 Å². The van der Waals surface area contributed by atoms with Crippen molar-refractivity contribution in [3.8, 4) is 33.8 Å². The molecule has 0 bridgehead atoms. The van der Waals surface area contributed by atoms with Crippen molar-refractivity contribution < 1.29 is 19.1 Å². The molecule has 30 heavy (non-hydrogen) atoms. The van der Waals surface area contributed by atoms with Crippen LogP contribution in [0.2, 0.25) is 0 Å². The summed E-state index contributed by atoms with van der Waals surface area (Å²) in [6, 6.07) is 23.1. The van der Waals surface area contributed by atoms with E-state index in [1.54, 1.807) is 13.2 Å². The molecular formula is C26H18O4.